The van der Waals surface area contributed by atoms with Gasteiger partial charge in [0.05, 0.1) is 15.8 Å². The highest BCUT2D eigenvalue weighted by Gasteiger charge is 2.22. The van der Waals surface area contributed by atoms with Gasteiger partial charge in [-0.25, -0.2) is 0 Å². The van der Waals surface area contributed by atoms with E-state index >= 15 is 0 Å². The van der Waals surface area contributed by atoms with Crippen molar-refractivity contribution >= 4 is 33.8 Å². The third kappa shape index (κ3) is 3.40. The van der Waals surface area contributed by atoms with Crippen LogP contribution in [0, 0.1) is 10.1 Å². The normalized spacial score (nSPS) is 12.0. The summed E-state index contributed by atoms with van der Waals surface area (Å²) in [6.07, 6.45) is 0. The largest absolute Gasteiger partial charge is 0.334 e. The number of hydrogen-bond donors (Lipinski definition) is 0. The predicted molar refractivity (Wildman–Crippen MR) is 82.9 cm³/mol. The summed E-state index contributed by atoms with van der Waals surface area (Å²) in [5.41, 5.74) is 0.946. The third-order valence-electron chi connectivity index (χ3n) is 3.24. The number of hydrogen-bond acceptors (Lipinski definition) is 4. The van der Waals surface area contributed by atoms with Crippen LogP contribution in [0.5, 0.6) is 0 Å². The average molecular weight is 325 g/mol. The van der Waals surface area contributed by atoms with Crippen LogP contribution >= 0.6 is 22.9 Å². The van der Waals surface area contributed by atoms with Gasteiger partial charge in [0.1, 0.15) is 0 Å². The van der Waals surface area contributed by atoms with E-state index in [-0.39, 0.29) is 17.0 Å². The molecule has 0 saturated carbocycles. The van der Waals surface area contributed by atoms with Crippen LogP contribution in [0.4, 0.5) is 5.00 Å². The van der Waals surface area contributed by atoms with Gasteiger partial charge in [0.25, 0.3) is 5.91 Å². The fourth-order valence-corrected chi connectivity index (χ4v) is 2.78. The van der Waals surface area contributed by atoms with Gasteiger partial charge in [-0.05, 0) is 30.7 Å². The lowest BCUT2D eigenvalue weighted by atomic mass is 10.1. The van der Waals surface area contributed by atoms with Gasteiger partial charge in [-0.1, -0.05) is 35.1 Å². The lowest BCUT2D eigenvalue weighted by Gasteiger charge is -2.24. The SMILES string of the molecule is CC(c1ccc(Cl)cc1)N(C)C(=O)c1ccc([N+](=O)[O-])s1. The van der Waals surface area contributed by atoms with Gasteiger partial charge in [-0.2, -0.15) is 0 Å². The first kappa shape index (κ1) is 15.5. The van der Waals surface area contributed by atoms with Crippen molar-refractivity contribution in [3.63, 3.8) is 0 Å². The Morgan fingerprint density at radius 3 is 2.43 bits per heavy atom. The monoisotopic (exact) mass is 324 g/mol. The smallest absolute Gasteiger partial charge is 0.324 e. The van der Waals surface area contributed by atoms with Crippen molar-refractivity contribution < 1.29 is 9.72 Å². The van der Waals surface area contributed by atoms with E-state index in [1.165, 1.54) is 12.1 Å². The Hall–Kier alpha value is -1.92. The molecule has 1 heterocycles. The summed E-state index contributed by atoms with van der Waals surface area (Å²) in [5, 5.41) is 11.3. The van der Waals surface area contributed by atoms with E-state index in [4.69, 9.17) is 11.6 Å². The molecule has 0 N–H and O–H groups in total. The second-order valence-corrected chi connectivity index (χ2v) is 6.04. The van der Waals surface area contributed by atoms with E-state index in [0.29, 0.717) is 9.90 Å². The van der Waals surface area contributed by atoms with Crippen molar-refractivity contribution in [2.75, 3.05) is 7.05 Å². The Kier molecular flexibility index (Phi) is 4.59. The van der Waals surface area contributed by atoms with Gasteiger partial charge in [-0.15, -0.1) is 0 Å². The number of rotatable bonds is 4. The molecule has 0 saturated heterocycles. The zero-order valence-electron chi connectivity index (χ0n) is 11.4. The lowest BCUT2D eigenvalue weighted by molar-refractivity contribution is -0.380. The van der Waals surface area contributed by atoms with Crippen LogP contribution in [0.2, 0.25) is 5.02 Å². The van der Waals surface area contributed by atoms with Crippen LogP contribution in [0.1, 0.15) is 28.2 Å². The fourth-order valence-electron chi connectivity index (χ4n) is 1.86. The molecule has 1 amide bonds. The molecule has 2 rings (SSSR count). The van der Waals surface area contributed by atoms with Gasteiger partial charge < -0.3 is 4.90 Å². The van der Waals surface area contributed by atoms with Gasteiger partial charge in [0, 0.05) is 18.1 Å². The maximum atomic E-state index is 12.3. The van der Waals surface area contributed by atoms with E-state index in [1.54, 1.807) is 24.1 Å². The van der Waals surface area contributed by atoms with Crippen LogP contribution in [0.15, 0.2) is 36.4 Å². The number of halogens is 1. The molecule has 1 unspecified atom stereocenters. The molecule has 110 valence electrons. The fraction of sp³-hybridized carbons (Fsp3) is 0.214. The zero-order valence-corrected chi connectivity index (χ0v) is 13.0. The minimum Gasteiger partial charge on any atom is -0.334 e. The van der Waals surface area contributed by atoms with Crippen LogP contribution in [-0.4, -0.2) is 22.8 Å². The molecule has 21 heavy (non-hydrogen) atoms. The van der Waals surface area contributed by atoms with Gasteiger partial charge in [-0.3, -0.25) is 14.9 Å². The number of nitro groups is 1. The van der Waals surface area contributed by atoms with Crippen LogP contribution < -0.4 is 0 Å². The molecular weight excluding hydrogens is 312 g/mol. The molecule has 0 fully saturated rings. The van der Waals surface area contributed by atoms with E-state index < -0.39 is 4.92 Å². The van der Waals surface area contributed by atoms with E-state index in [1.807, 2.05) is 19.1 Å². The number of benzene rings is 1. The lowest BCUT2D eigenvalue weighted by Crippen LogP contribution is -2.29. The molecule has 5 nitrogen and oxygen atoms in total. The minimum absolute atomic E-state index is 0.0362. The van der Waals surface area contributed by atoms with Crippen molar-refractivity contribution in [3.8, 4) is 0 Å². The molecule has 7 heteroatoms. The Morgan fingerprint density at radius 1 is 1.29 bits per heavy atom. The molecular formula is C14H13ClN2O3S. The standard InChI is InChI=1S/C14H13ClN2O3S/c1-9(10-3-5-11(15)6-4-10)16(2)14(18)12-7-8-13(21-12)17(19)20/h3-9H,1-2H3. The molecule has 1 atom stereocenters. The highest BCUT2D eigenvalue weighted by atomic mass is 35.5. The Balaban J connectivity index is 2.17. The topological polar surface area (TPSA) is 63.5 Å². The summed E-state index contributed by atoms with van der Waals surface area (Å²) >= 11 is 6.73. The molecule has 0 aliphatic heterocycles. The molecule has 0 radical (unpaired) electrons. The quantitative estimate of drug-likeness (QED) is 0.627. The highest BCUT2D eigenvalue weighted by molar-refractivity contribution is 7.17. The van der Waals surface area contributed by atoms with Gasteiger partial charge >= 0.3 is 5.00 Å². The number of carbonyl (C=O) groups is 1. The maximum Gasteiger partial charge on any atom is 0.324 e. The Bertz CT molecular complexity index is 669. The highest BCUT2D eigenvalue weighted by Crippen LogP contribution is 2.28. The molecule has 0 aliphatic carbocycles. The first-order valence-corrected chi connectivity index (χ1v) is 7.36. The molecule has 0 spiro atoms. The van der Waals surface area contributed by atoms with E-state index in [9.17, 15) is 14.9 Å². The van der Waals surface area contributed by atoms with E-state index in [2.05, 4.69) is 0 Å². The van der Waals surface area contributed by atoms with Crippen LogP contribution in [-0.2, 0) is 0 Å². The number of nitrogens with zero attached hydrogens (tertiary/aromatic N) is 2. The van der Waals surface area contributed by atoms with Gasteiger partial charge in [0.2, 0.25) is 0 Å². The molecule has 0 bridgehead atoms. The number of carbonyl (C=O) groups excluding carboxylic acids is 1. The van der Waals surface area contributed by atoms with Crippen molar-refractivity contribution in [3.05, 3.63) is 62.0 Å². The van der Waals surface area contributed by atoms with E-state index in [0.717, 1.165) is 16.9 Å². The van der Waals surface area contributed by atoms with Crippen LogP contribution in [0.3, 0.4) is 0 Å². The Morgan fingerprint density at radius 2 is 1.90 bits per heavy atom. The first-order valence-electron chi connectivity index (χ1n) is 6.17. The second kappa shape index (κ2) is 6.24. The molecule has 1 aromatic carbocycles. The van der Waals surface area contributed by atoms with Crippen LogP contribution in [0.25, 0.3) is 0 Å². The zero-order chi connectivity index (χ0) is 15.6. The summed E-state index contributed by atoms with van der Waals surface area (Å²) in [5.74, 6) is -0.240. The van der Waals surface area contributed by atoms with Gasteiger partial charge in [0.15, 0.2) is 0 Å². The summed E-state index contributed by atoms with van der Waals surface area (Å²) < 4.78 is 0. The minimum atomic E-state index is -0.496. The summed E-state index contributed by atoms with van der Waals surface area (Å²) in [4.78, 5) is 24.4. The number of thiophene rings is 1. The molecule has 0 aliphatic rings. The predicted octanol–water partition coefficient (Wildman–Crippen LogP) is 4.14. The Labute approximate surface area is 130 Å². The van der Waals surface area contributed by atoms with Crippen molar-refractivity contribution in [1.82, 2.24) is 4.90 Å². The third-order valence-corrected chi connectivity index (χ3v) is 4.51. The second-order valence-electron chi connectivity index (χ2n) is 4.54. The van der Waals surface area contributed by atoms with Crippen molar-refractivity contribution in [2.45, 2.75) is 13.0 Å². The first-order chi connectivity index (χ1) is 9.90. The van der Waals surface area contributed by atoms with Crippen molar-refractivity contribution in [2.24, 2.45) is 0 Å². The number of amides is 1. The summed E-state index contributed by atoms with van der Waals surface area (Å²) in [6.45, 7) is 1.89. The maximum absolute atomic E-state index is 12.3. The average Bonchev–Trinajstić information content (AvgIpc) is 2.96. The summed E-state index contributed by atoms with van der Waals surface area (Å²) in [7, 11) is 1.67. The molecule has 2 aromatic rings. The van der Waals surface area contributed by atoms with Crippen molar-refractivity contribution in [1.29, 1.82) is 0 Å². The summed E-state index contributed by atoms with van der Waals surface area (Å²) in [6, 6.07) is 9.91. The molecule has 1 aromatic heterocycles.